The van der Waals surface area contributed by atoms with Crippen LogP contribution in [0.25, 0.3) is 6.08 Å². The van der Waals surface area contributed by atoms with E-state index in [0.29, 0.717) is 5.02 Å². The van der Waals surface area contributed by atoms with Gasteiger partial charge in [0, 0.05) is 17.6 Å². The Hall–Kier alpha value is -1.36. The van der Waals surface area contributed by atoms with E-state index < -0.39 is 6.10 Å². The number of hydrogen-bond donors (Lipinski definition) is 3. The van der Waals surface area contributed by atoms with E-state index in [1.165, 1.54) is 6.08 Å². The molecule has 3 N–H and O–H groups in total. The minimum Gasteiger partial charge on any atom is -0.394 e. The van der Waals surface area contributed by atoms with Crippen molar-refractivity contribution in [2.45, 2.75) is 6.10 Å². The fourth-order valence-corrected chi connectivity index (χ4v) is 1.21. The molecule has 0 aliphatic rings. The fourth-order valence-electron chi connectivity index (χ4n) is 1.09. The Bertz CT molecular complexity index is 389. The van der Waals surface area contributed by atoms with Crippen molar-refractivity contribution in [1.29, 1.82) is 0 Å². The van der Waals surface area contributed by atoms with E-state index in [1.807, 2.05) is 0 Å². The largest absolute Gasteiger partial charge is 0.394 e. The third-order valence-corrected chi connectivity index (χ3v) is 2.27. The molecule has 1 atom stereocenters. The molecule has 5 heteroatoms. The van der Waals surface area contributed by atoms with Gasteiger partial charge in [0.1, 0.15) is 0 Å². The number of hydrogen-bond acceptors (Lipinski definition) is 3. The molecule has 0 radical (unpaired) electrons. The second-order valence-electron chi connectivity index (χ2n) is 3.47. The lowest BCUT2D eigenvalue weighted by Gasteiger charge is -2.06. The fraction of sp³-hybridized carbons (Fsp3) is 0.250. The third-order valence-electron chi connectivity index (χ3n) is 2.02. The number of carbonyl (C=O) groups excluding carboxylic acids is 1. The van der Waals surface area contributed by atoms with Crippen LogP contribution in [0.1, 0.15) is 5.56 Å². The van der Waals surface area contributed by atoms with E-state index >= 15 is 0 Å². The Balaban J connectivity index is 2.42. The van der Waals surface area contributed by atoms with Gasteiger partial charge in [-0.05, 0) is 23.8 Å². The number of rotatable bonds is 5. The van der Waals surface area contributed by atoms with E-state index in [2.05, 4.69) is 5.32 Å². The van der Waals surface area contributed by atoms with Crippen LogP contribution in [-0.2, 0) is 4.79 Å². The Morgan fingerprint density at radius 2 is 2.06 bits per heavy atom. The molecule has 1 aromatic rings. The molecule has 0 heterocycles. The van der Waals surface area contributed by atoms with E-state index in [1.54, 1.807) is 30.3 Å². The van der Waals surface area contributed by atoms with Gasteiger partial charge in [0.05, 0.1) is 12.7 Å². The average molecular weight is 256 g/mol. The maximum atomic E-state index is 11.3. The molecule has 0 saturated carbocycles. The number of nitrogens with one attached hydrogen (secondary N) is 1. The normalized spacial score (nSPS) is 12.6. The van der Waals surface area contributed by atoms with Gasteiger partial charge in [-0.3, -0.25) is 4.79 Å². The van der Waals surface area contributed by atoms with E-state index in [4.69, 9.17) is 21.8 Å². The number of halogens is 1. The first-order valence-corrected chi connectivity index (χ1v) is 5.50. The van der Waals surface area contributed by atoms with E-state index in [0.717, 1.165) is 5.56 Å². The summed E-state index contributed by atoms with van der Waals surface area (Å²) < 4.78 is 0. The van der Waals surface area contributed by atoms with Crippen molar-refractivity contribution in [1.82, 2.24) is 5.32 Å². The molecule has 1 rings (SSSR count). The summed E-state index contributed by atoms with van der Waals surface area (Å²) in [6, 6.07) is 7.03. The van der Waals surface area contributed by atoms with Crippen molar-refractivity contribution in [3.05, 3.63) is 40.9 Å². The van der Waals surface area contributed by atoms with Crippen LogP contribution in [0, 0.1) is 0 Å². The molecule has 0 saturated heterocycles. The summed E-state index contributed by atoms with van der Waals surface area (Å²) in [5.41, 5.74) is 0.854. The molecular formula is C12H14ClNO3. The second kappa shape index (κ2) is 7.06. The van der Waals surface area contributed by atoms with Crippen LogP contribution in [0.4, 0.5) is 0 Å². The molecular weight excluding hydrogens is 242 g/mol. The number of benzene rings is 1. The average Bonchev–Trinajstić information content (AvgIpc) is 2.35. The lowest BCUT2D eigenvalue weighted by Crippen LogP contribution is -2.32. The van der Waals surface area contributed by atoms with Crippen LogP contribution in [0.5, 0.6) is 0 Å². The molecule has 0 aliphatic heterocycles. The molecule has 0 bridgehead atoms. The maximum absolute atomic E-state index is 11.3. The van der Waals surface area contributed by atoms with Crippen molar-refractivity contribution in [3.63, 3.8) is 0 Å². The Morgan fingerprint density at radius 1 is 1.41 bits per heavy atom. The van der Waals surface area contributed by atoms with Gasteiger partial charge < -0.3 is 15.5 Å². The van der Waals surface area contributed by atoms with Crippen molar-refractivity contribution in [3.8, 4) is 0 Å². The van der Waals surface area contributed by atoms with Gasteiger partial charge in [-0.15, -0.1) is 0 Å². The molecule has 0 fully saturated rings. The summed E-state index contributed by atoms with van der Waals surface area (Å²) in [5, 5.41) is 20.7. The lowest BCUT2D eigenvalue weighted by atomic mass is 10.2. The SMILES string of the molecule is O=C(/C=C/c1ccc(Cl)cc1)NC[C@H](O)CO. The number of aliphatic hydroxyl groups is 2. The van der Waals surface area contributed by atoms with Crippen LogP contribution >= 0.6 is 11.6 Å². The van der Waals surface area contributed by atoms with Gasteiger partial charge in [0.2, 0.25) is 5.91 Å². The minimum absolute atomic E-state index is 0.0281. The molecule has 1 amide bonds. The zero-order valence-corrected chi connectivity index (χ0v) is 9.89. The standard InChI is InChI=1S/C12H14ClNO3/c13-10-4-1-9(2-5-10)3-6-12(17)14-7-11(16)8-15/h1-6,11,15-16H,7-8H2,(H,14,17)/b6-3+/t11-/m0/s1. The predicted molar refractivity (Wildman–Crippen MR) is 66.6 cm³/mol. The van der Waals surface area contributed by atoms with Crippen molar-refractivity contribution in [2.75, 3.05) is 13.2 Å². The zero-order valence-electron chi connectivity index (χ0n) is 9.14. The molecule has 92 valence electrons. The maximum Gasteiger partial charge on any atom is 0.244 e. The topological polar surface area (TPSA) is 69.6 Å². The highest BCUT2D eigenvalue weighted by Gasteiger charge is 2.02. The van der Waals surface area contributed by atoms with Crippen molar-refractivity contribution < 1.29 is 15.0 Å². The highest BCUT2D eigenvalue weighted by atomic mass is 35.5. The quantitative estimate of drug-likeness (QED) is 0.683. The Kier molecular flexibility index (Phi) is 5.69. The third kappa shape index (κ3) is 5.49. The van der Waals surface area contributed by atoms with Gasteiger partial charge in [-0.25, -0.2) is 0 Å². The number of amides is 1. The highest BCUT2D eigenvalue weighted by molar-refractivity contribution is 6.30. The predicted octanol–water partition coefficient (Wildman–Crippen LogP) is 0.823. The molecule has 0 aliphatic carbocycles. The van der Waals surface area contributed by atoms with Gasteiger partial charge in [-0.1, -0.05) is 23.7 Å². The molecule has 0 spiro atoms. The summed E-state index contributed by atoms with van der Waals surface area (Å²) in [6.07, 6.45) is 2.06. The van der Waals surface area contributed by atoms with Crippen LogP contribution in [0.15, 0.2) is 30.3 Å². The minimum atomic E-state index is -0.928. The van der Waals surface area contributed by atoms with E-state index in [9.17, 15) is 4.79 Å². The van der Waals surface area contributed by atoms with E-state index in [-0.39, 0.29) is 19.1 Å². The Morgan fingerprint density at radius 3 is 2.65 bits per heavy atom. The van der Waals surface area contributed by atoms with Gasteiger partial charge in [-0.2, -0.15) is 0 Å². The molecule has 1 aromatic carbocycles. The first-order chi connectivity index (χ1) is 8.11. The number of aliphatic hydroxyl groups excluding tert-OH is 2. The van der Waals surface area contributed by atoms with Gasteiger partial charge in [0.25, 0.3) is 0 Å². The van der Waals surface area contributed by atoms with Crippen molar-refractivity contribution in [2.24, 2.45) is 0 Å². The molecule has 0 aromatic heterocycles. The summed E-state index contributed by atoms with van der Waals surface area (Å²) in [7, 11) is 0. The molecule has 0 unspecified atom stereocenters. The van der Waals surface area contributed by atoms with Gasteiger partial charge in [0.15, 0.2) is 0 Å². The summed E-state index contributed by atoms with van der Waals surface area (Å²) in [6.45, 7) is -0.346. The summed E-state index contributed by atoms with van der Waals surface area (Å²) >= 11 is 5.72. The summed E-state index contributed by atoms with van der Waals surface area (Å²) in [5.74, 6) is -0.326. The van der Waals surface area contributed by atoms with Crippen LogP contribution < -0.4 is 5.32 Å². The van der Waals surface area contributed by atoms with Crippen LogP contribution in [0.2, 0.25) is 5.02 Å². The molecule has 4 nitrogen and oxygen atoms in total. The van der Waals surface area contributed by atoms with Gasteiger partial charge >= 0.3 is 0 Å². The van der Waals surface area contributed by atoms with Crippen LogP contribution in [0.3, 0.4) is 0 Å². The monoisotopic (exact) mass is 255 g/mol. The summed E-state index contributed by atoms with van der Waals surface area (Å²) in [4.78, 5) is 11.3. The van der Waals surface area contributed by atoms with Crippen molar-refractivity contribution >= 4 is 23.6 Å². The smallest absolute Gasteiger partial charge is 0.244 e. The van der Waals surface area contributed by atoms with Crippen LogP contribution in [-0.4, -0.2) is 35.4 Å². The lowest BCUT2D eigenvalue weighted by molar-refractivity contribution is -0.117. The zero-order chi connectivity index (χ0) is 12.7. The second-order valence-corrected chi connectivity index (χ2v) is 3.90. The first kappa shape index (κ1) is 13.7. The first-order valence-electron chi connectivity index (χ1n) is 5.12. The molecule has 17 heavy (non-hydrogen) atoms. The highest BCUT2D eigenvalue weighted by Crippen LogP contribution is 2.10. The number of carbonyl (C=O) groups is 1. The Labute approximate surface area is 105 Å².